The molecule has 1 unspecified atom stereocenters. The molecule has 1 aromatic carbocycles. The molecule has 0 aliphatic carbocycles. The third kappa shape index (κ3) is 2.54. The lowest BCUT2D eigenvalue weighted by molar-refractivity contribution is -0.119. The van der Waals surface area contributed by atoms with Gasteiger partial charge in [0.1, 0.15) is 0 Å². The molecule has 0 radical (unpaired) electrons. The van der Waals surface area contributed by atoms with Crippen molar-refractivity contribution in [2.24, 2.45) is 5.92 Å². The fourth-order valence-electron chi connectivity index (χ4n) is 1.84. The zero-order chi connectivity index (χ0) is 11.5. The van der Waals surface area contributed by atoms with E-state index in [2.05, 4.69) is 10.6 Å². The van der Waals surface area contributed by atoms with Crippen molar-refractivity contribution in [3.05, 3.63) is 28.8 Å². The molecule has 1 saturated heterocycles. The van der Waals surface area contributed by atoms with Gasteiger partial charge in [-0.05, 0) is 37.6 Å². The molecule has 2 N–H and O–H groups in total. The van der Waals surface area contributed by atoms with Crippen molar-refractivity contribution in [2.75, 3.05) is 18.4 Å². The smallest absolute Gasteiger partial charge is 0.228 e. The SMILES string of the molecule is Cc1ccc(Cl)cc1NC(=O)C1CCNC1. The van der Waals surface area contributed by atoms with Crippen molar-refractivity contribution in [2.45, 2.75) is 13.3 Å². The van der Waals surface area contributed by atoms with Crippen LogP contribution in [0.4, 0.5) is 5.69 Å². The Hall–Kier alpha value is -1.06. The van der Waals surface area contributed by atoms with E-state index < -0.39 is 0 Å². The van der Waals surface area contributed by atoms with Crippen LogP contribution in [-0.2, 0) is 4.79 Å². The summed E-state index contributed by atoms with van der Waals surface area (Å²) in [6, 6.07) is 5.52. The Kier molecular flexibility index (Phi) is 3.46. The second kappa shape index (κ2) is 4.85. The number of rotatable bonds is 2. The third-order valence-electron chi connectivity index (χ3n) is 2.89. The molecule has 1 aliphatic heterocycles. The first kappa shape index (κ1) is 11.4. The van der Waals surface area contributed by atoms with Gasteiger partial charge in [-0.1, -0.05) is 17.7 Å². The highest BCUT2D eigenvalue weighted by atomic mass is 35.5. The Labute approximate surface area is 100 Å². The Morgan fingerprint density at radius 3 is 3.06 bits per heavy atom. The number of nitrogens with one attached hydrogen (secondary N) is 2. The summed E-state index contributed by atoms with van der Waals surface area (Å²) in [5, 5.41) is 6.75. The van der Waals surface area contributed by atoms with Gasteiger partial charge in [0.25, 0.3) is 0 Å². The van der Waals surface area contributed by atoms with E-state index in [-0.39, 0.29) is 11.8 Å². The van der Waals surface area contributed by atoms with Crippen molar-refractivity contribution in [3.63, 3.8) is 0 Å². The number of aryl methyl sites for hydroxylation is 1. The van der Waals surface area contributed by atoms with Crippen LogP contribution in [0.2, 0.25) is 5.02 Å². The summed E-state index contributed by atoms with van der Waals surface area (Å²) in [7, 11) is 0. The molecule has 0 saturated carbocycles. The van der Waals surface area contributed by atoms with Crippen molar-refractivity contribution in [1.82, 2.24) is 5.32 Å². The van der Waals surface area contributed by atoms with Crippen molar-refractivity contribution in [3.8, 4) is 0 Å². The summed E-state index contributed by atoms with van der Waals surface area (Å²) in [5.74, 6) is 0.161. The van der Waals surface area contributed by atoms with Gasteiger partial charge in [0.05, 0.1) is 5.92 Å². The molecule has 1 aliphatic rings. The molecular weight excluding hydrogens is 224 g/mol. The van der Waals surface area contributed by atoms with E-state index in [1.165, 1.54) is 0 Å². The molecule has 0 aromatic heterocycles. The summed E-state index contributed by atoms with van der Waals surface area (Å²) in [6.45, 7) is 3.65. The Morgan fingerprint density at radius 2 is 2.38 bits per heavy atom. The zero-order valence-corrected chi connectivity index (χ0v) is 9.97. The van der Waals surface area contributed by atoms with Gasteiger partial charge in [-0.15, -0.1) is 0 Å². The molecule has 0 spiro atoms. The minimum absolute atomic E-state index is 0.0790. The molecule has 86 valence electrons. The molecule has 1 heterocycles. The average molecular weight is 239 g/mol. The summed E-state index contributed by atoms with van der Waals surface area (Å²) in [4.78, 5) is 11.9. The third-order valence-corrected chi connectivity index (χ3v) is 3.12. The maximum atomic E-state index is 11.9. The van der Waals surface area contributed by atoms with E-state index in [9.17, 15) is 4.79 Å². The topological polar surface area (TPSA) is 41.1 Å². The normalized spacial score (nSPS) is 19.8. The van der Waals surface area contributed by atoms with E-state index in [0.29, 0.717) is 5.02 Å². The van der Waals surface area contributed by atoms with Gasteiger partial charge in [-0.3, -0.25) is 4.79 Å². The monoisotopic (exact) mass is 238 g/mol. The second-order valence-electron chi connectivity index (χ2n) is 4.14. The van der Waals surface area contributed by atoms with E-state index in [0.717, 1.165) is 30.8 Å². The van der Waals surface area contributed by atoms with Gasteiger partial charge in [-0.25, -0.2) is 0 Å². The summed E-state index contributed by atoms with van der Waals surface area (Å²) in [6.07, 6.45) is 0.908. The summed E-state index contributed by atoms with van der Waals surface area (Å²) >= 11 is 5.90. The van der Waals surface area contributed by atoms with Crippen LogP contribution in [0.15, 0.2) is 18.2 Å². The molecule has 1 atom stereocenters. The molecule has 1 amide bonds. The predicted octanol–water partition coefficient (Wildman–Crippen LogP) is 2.20. The predicted molar refractivity (Wildman–Crippen MR) is 65.8 cm³/mol. The highest BCUT2D eigenvalue weighted by Crippen LogP contribution is 2.21. The standard InChI is InChI=1S/C12H15ClN2O/c1-8-2-3-10(13)6-11(8)15-12(16)9-4-5-14-7-9/h2-3,6,9,14H,4-5,7H2,1H3,(H,15,16). The zero-order valence-electron chi connectivity index (χ0n) is 9.22. The molecule has 16 heavy (non-hydrogen) atoms. The fourth-order valence-corrected chi connectivity index (χ4v) is 2.01. The van der Waals surface area contributed by atoms with Gasteiger partial charge in [0.15, 0.2) is 0 Å². The van der Waals surface area contributed by atoms with Crippen LogP contribution < -0.4 is 10.6 Å². The molecule has 4 heteroatoms. The minimum Gasteiger partial charge on any atom is -0.326 e. The van der Waals surface area contributed by atoms with Gasteiger partial charge >= 0.3 is 0 Å². The number of hydrogen-bond acceptors (Lipinski definition) is 2. The van der Waals surface area contributed by atoms with Crippen molar-refractivity contribution >= 4 is 23.2 Å². The molecular formula is C12H15ClN2O. The molecule has 0 bridgehead atoms. The quantitative estimate of drug-likeness (QED) is 0.830. The minimum atomic E-state index is 0.0790. The van der Waals surface area contributed by atoms with Gasteiger partial charge in [0.2, 0.25) is 5.91 Å². The lowest BCUT2D eigenvalue weighted by Crippen LogP contribution is -2.24. The van der Waals surface area contributed by atoms with Crippen LogP contribution in [0.25, 0.3) is 0 Å². The molecule has 3 nitrogen and oxygen atoms in total. The highest BCUT2D eigenvalue weighted by Gasteiger charge is 2.22. The van der Waals surface area contributed by atoms with E-state index in [1.54, 1.807) is 6.07 Å². The number of carbonyl (C=O) groups excluding carboxylic acids is 1. The maximum Gasteiger partial charge on any atom is 0.228 e. The second-order valence-corrected chi connectivity index (χ2v) is 4.57. The van der Waals surface area contributed by atoms with Crippen LogP contribution in [0.1, 0.15) is 12.0 Å². The van der Waals surface area contributed by atoms with Crippen LogP contribution in [-0.4, -0.2) is 19.0 Å². The number of amides is 1. The van der Waals surface area contributed by atoms with Gasteiger partial charge < -0.3 is 10.6 Å². The largest absolute Gasteiger partial charge is 0.326 e. The summed E-state index contributed by atoms with van der Waals surface area (Å²) < 4.78 is 0. The first-order valence-electron chi connectivity index (χ1n) is 5.44. The van der Waals surface area contributed by atoms with E-state index >= 15 is 0 Å². The lowest BCUT2D eigenvalue weighted by Gasteiger charge is -2.12. The fraction of sp³-hybridized carbons (Fsp3) is 0.417. The van der Waals surface area contributed by atoms with Crippen LogP contribution in [0.3, 0.4) is 0 Å². The Morgan fingerprint density at radius 1 is 1.56 bits per heavy atom. The lowest BCUT2D eigenvalue weighted by atomic mass is 10.1. The molecule has 2 rings (SSSR count). The number of halogens is 1. The first-order valence-corrected chi connectivity index (χ1v) is 5.82. The highest BCUT2D eigenvalue weighted by molar-refractivity contribution is 6.31. The number of anilines is 1. The number of carbonyl (C=O) groups is 1. The van der Waals surface area contributed by atoms with Crippen LogP contribution in [0, 0.1) is 12.8 Å². The first-order chi connectivity index (χ1) is 7.66. The molecule has 1 fully saturated rings. The van der Waals surface area contributed by atoms with Crippen molar-refractivity contribution < 1.29 is 4.79 Å². The van der Waals surface area contributed by atoms with Gasteiger partial charge in [0, 0.05) is 17.3 Å². The Bertz CT molecular complexity index is 400. The average Bonchev–Trinajstić information content (AvgIpc) is 2.76. The van der Waals surface area contributed by atoms with Gasteiger partial charge in [-0.2, -0.15) is 0 Å². The molecule has 1 aromatic rings. The van der Waals surface area contributed by atoms with Crippen molar-refractivity contribution in [1.29, 1.82) is 0 Å². The Balaban J connectivity index is 2.07. The number of benzene rings is 1. The summed E-state index contributed by atoms with van der Waals surface area (Å²) in [5.41, 5.74) is 1.84. The number of hydrogen-bond donors (Lipinski definition) is 2. The van der Waals surface area contributed by atoms with E-state index in [4.69, 9.17) is 11.6 Å². The van der Waals surface area contributed by atoms with E-state index in [1.807, 2.05) is 19.1 Å². The van der Waals surface area contributed by atoms with Crippen LogP contribution in [0.5, 0.6) is 0 Å². The van der Waals surface area contributed by atoms with Crippen LogP contribution >= 0.6 is 11.6 Å². The maximum absolute atomic E-state index is 11.9.